The second-order valence-corrected chi connectivity index (χ2v) is 13.4. The largest absolute Gasteiger partial charge is 0.427 e. The summed E-state index contributed by atoms with van der Waals surface area (Å²) < 4.78 is 6.03. The first-order chi connectivity index (χ1) is 23.2. The van der Waals surface area contributed by atoms with E-state index in [2.05, 4.69) is 157 Å². The molecule has 7 aromatic carbocycles. The van der Waals surface area contributed by atoms with Gasteiger partial charge >= 0.3 is 7.48 Å². The van der Waals surface area contributed by atoms with Gasteiger partial charge in [0.05, 0.1) is 11.2 Å². The highest BCUT2D eigenvalue weighted by molar-refractivity contribution is 6.47. The molecule has 235 valence electrons. The number of hydrogen-bond donors (Lipinski definition) is 1. The standard InChI is InChI=1S/C44H39BNO2/c1-43(2,47)44(3,4)48-45-35-22-28-38(29-23-35)46(36-24-18-32(19-25-36)31-12-6-5-7-13-31)37-26-20-33(21-27-37)42-30-34-14-8-9-15-39(34)40-16-10-11-17-41(40)42/h5-30,47H,1-4H3. The average Bonchev–Trinajstić information content (AvgIpc) is 3.12. The van der Waals surface area contributed by atoms with Crippen molar-refractivity contribution in [2.24, 2.45) is 0 Å². The smallest absolute Gasteiger partial charge is 0.330 e. The molecule has 1 N–H and O–H groups in total. The lowest BCUT2D eigenvalue weighted by Gasteiger charge is -2.37. The van der Waals surface area contributed by atoms with Crippen molar-refractivity contribution < 1.29 is 9.76 Å². The molecule has 0 spiro atoms. The zero-order chi connectivity index (χ0) is 33.3. The summed E-state index contributed by atoms with van der Waals surface area (Å²) in [6.45, 7) is 7.31. The predicted octanol–water partition coefficient (Wildman–Crippen LogP) is 10.6. The number of fused-ring (bicyclic) bond motifs is 3. The van der Waals surface area contributed by atoms with Gasteiger partial charge < -0.3 is 14.7 Å². The highest BCUT2D eigenvalue weighted by Crippen LogP contribution is 2.39. The van der Waals surface area contributed by atoms with Gasteiger partial charge in [-0.1, -0.05) is 121 Å². The van der Waals surface area contributed by atoms with Crippen LogP contribution in [0.4, 0.5) is 17.1 Å². The molecular weight excluding hydrogens is 585 g/mol. The first-order valence-corrected chi connectivity index (χ1v) is 16.5. The van der Waals surface area contributed by atoms with E-state index in [0.717, 1.165) is 22.5 Å². The molecule has 0 bridgehead atoms. The Bertz CT molecular complexity index is 2170. The van der Waals surface area contributed by atoms with Crippen molar-refractivity contribution >= 4 is 51.6 Å². The van der Waals surface area contributed by atoms with E-state index >= 15 is 0 Å². The van der Waals surface area contributed by atoms with Crippen LogP contribution in [0, 0.1) is 0 Å². The summed E-state index contributed by atoms with van der Waals surface area (Å²) >= 11 is 0. The molecule has 0 aromatic heterocycles. The molecule has 0 atom stereocenters. The SMILES string of the molecule is CC(C)(O)C(C)(C)O[B]c1ccc(N(c2ccc(-c3ccccc3)cc2)c2ccc(-c3cc4ccccc4c4ccccc34)cc2)cc1. The normalized spacial score (nSPS) is 11.9. The maximum Gasteiger partial charge on any atom is 0.330 e. The zero-order valence-electron chi connectivity index (χ0n) is 27.9. The van der Waals surface area contributed by atoms with Gasteiger partial charge in [0, 0.05) is 17.1 Å². The molecular formula is C44H39BNO2. The summed E-state index contributed by atoms with van der Waals surface area (Å²) in [7, 11) is 1.73. The van der Waals surface area contributed by atoms with Crippen LogP contribution in [-0.4, -0.2) is 23.8 Å². The number of rotatable bonds is 9. The van der Waals surface area contributed by atoms with Crippen LogP contribution in [0.15, 0.2) is 158 Å². The van der Waals surface area contributed by atoms with Gasteiger partial charge in [-0.3, -0.25) is 0 Å². The number of aliphatic hydroxyl groups is 1. The molecule has 3 nitrogen and oxygen atoms in total. The number of hydrogen-bond acceptors (Lipinski definition) is 3. The van der Waals surface area contributed by atoms with E-state index in [-0.39, 0.29) is 0 Å². The Hall–Kier alpha value is -5.16. The number of nitrogens with zero attached hydrogens (tertiary/aromatic N) is 1. The van der Waals surface area contributed by atoms with Gasteiger partial charge in [0.25, 0.3) is 0 Å². The molecule has 7 aromatic rings. The molecule has 0 heterocycles. The lowest BCUT2D eigenvalue weighted by atomic mass is 9.82. The van der Waals surface area contributed by atoms with Gasteiger partial charge in [-0.05, 0) is 114 Å². The summed E-state index contributed by atoms with van der Waals surface area (Å²) in [6, 6.07) is 56.0. The first kappa shape index (κ1) is 31.4. The van der Waals surface area contributed by atoms with Crippen molar-refractivity contribution in [3.05, 3.63) is 158 Å². The Morgan fingerprint density at radius 3 is 1.58 bits per heavy atom. The van der Waals surface area contributed by atoms with Gasteiger partial charge in [0.2, 0.25) is 0 Å². The van der Waals surface area contributed by atoms with Gasteiger partial charge in [0.15, 0.2) is 0 Å². The van der Waals surface area contributed by atoms with Crippen LogP contribution in [0.5, 0.6) is 0 Å². The Labute approximate surface area is 284 Å². The fourth-order valence-electron chi connectivity index (χ4n) is 6.03. The average molecular weight is 625 g/mol. The van der Waals surface area contributed by atoms with E-state index in [0.29, 0.717) is 0 Å². The quantitative estimate of drug-likeness (QED) is 0.128. The molecule has 0 fully saturated rings. The van der Waals surface area contributed by atoms with Crippen LogP contribution in [0.3, 0.4) is 0 Å². The molecule has 0 aliphatic carbocycles. The Morgan fingerprint density at radius 1 is 0.500 bits per heavy atom. The van der Waals surface area contributed by atoms with Gasteiger partial charge in [0.1, 0.15) is 0 Å². The van der Waals surface area contributed by atoms with Gasteiger partial charge in [-0.25, -0.2) is 0 Å². The number of anilines is 3. The minimum Gasteiger partial charge on any atom is -0.427 e. The second-order valence-electron chi connectivity index (χ2n) is 13.4. The Balaban J connectivity index is 1.25. The second kappa shape index (κ2) is 12.8. The molecule has 0 saturated carbocycles. The third-order valence-electron chi connectivity index (χ3n) is 9.55. The maximum atomic E-state index is 10.5. The van der Waals surface area contributed by atoms with E-state index in [1.807, 2.05) is 19.9 Å². The molecule has 4 heteroatoms. The van der Waals surface area contributed by atoms with Crippen LogP contribution in [0.2, 0.25) is 0 Å². The summed E-state index contributed by atoms with van der Waals surface area (Å²) in [5, 5.41) is 15.5. The molecule has 0 aliphatic heterocycles. The Kier molecular flexibility index (Phi) is 8.39. The van der Waals surface area contributed by atoms with E-state index in [1.54, 1.807) is 21.3 Å². The van der Waals surface area contributed by atoms with Crippen LogP contribution in [-0.2, 0) is 4.65 Å². The molecule has 0 aliphatic rings. The monoisotopic (exact) mass is 624 g/mol. The highest BCUT2D eigenvalue weighted by Gasteiger charge is 2.35. The number of benzene rings is 7. The van der Waals surface area contributed by atoms with Crippen LogP contribution >= 0.6 is 0 Å². The topological polar surface area (TPSA) is 32.7 Å². The molecule has 0 saturated heterocycles. The summed E-state index contributed by atoms with van der Waals surface area (Å²) in [5.74, 6) is 0. The fourth-order valence-corrected chi connectivity index (χ4v) is 6.03. The van der Waals surface area contributed by atoms with Crippen LogP contribution in [0.1, 0.15) is 27.7 Å². The molecule has 0 amide bonds. The lowest BCUT2D eigenvalue weighted by molar-refractivity contribution is -0.0893. The van der Waals surface area contributed by atoms with E-state index in [4.69, 9.17) is 4.65 Å². The summed E-state index contributed by atoms with van der Waals surface area (Å²) in [6.07, 6.45) is 0. The highest BCUT2D eigenvalue weighted by atomic mass is 16.5. The Morgan fingerprint density at radius 2 is 0.979 bits per heavy atom. The van der Waals surface area contributed by atoms with E-state index in [1.165, 1.54) is 43.8 Å². The maximum absolute atomic E-state index is 10.5. The van der Waals surface area contributed by atoms with Crippen LogP contribution < -0.4 is 10.4 Å². The molecule has 48 heavy (non-hydrogen) atoms. The van der Waals surface area contributed by atoms with Gasteiger partial charge in [-0.2, -0.15) is 0 Å². The van der Waals surface area contributed by atoms with E-state index in [9.17, 15) is 5.11 Å². The van der Waals surface area contributed by atoms with Crippen molar-refractivity contribution in [2.75, 3.05) is 4.90 Å². The van der Waals surface area contributed by atoms with Crippen molar-refractivity contribution in [1.29, 1.82) is 0 Å². The molecule has 0 unspecified atom stereocenters. The van der Waals surface area contributed by atoms with Crippen molar-refractivity contribution in [2.45, 2.75) is 38.9 Å². The predicted molar refractivity (Wildman–Crippen MR) is 204 cm³/mol. The minimum absolute atomic E-state index is 0.740. The van der Waals surface area contributed by atoms with Crippen molar-refractivity contribution in [1.82, 2.24) is 0 Å². The molecule has 1 radical (unpaired) electrons. The lowest BCUT2D eigenvalue weighted by Crippen LogP contribution is -2.49. The fraction of sp³-hybridized carbons (Fsp3) is 0.136. The third kappa shape index (κ3) is 6.25. The third-order valence-corrected chi connectivity index (χ3v) is 9.55. The first-order valence-electron chi connectivity index (χ1n) is 16.5. The molecule has 7 rings (SSSR count). The summed E-state index contributed by atoms with van der Waals surface area (Å²) in [5.41, 5.74) is 7.13. The zero-order valence-corrected chi connectivity index (χ0v) is 27.9. The minimum atomic E-state index is -0.989. The summed E-state index contributed by atoms with van der Waals surface area (Å²) in [4.78, 5) is 2.28. The van der Waals surface area contributed by atoms with Crippen molar-refractivity contribution in [3.8, 4) is 22.3 Å². The van der Waals surface area contributed by atoms with E-state index < -0.39 is 11.2 Å². The van der Waals surface area contributed by atoms with Crippen LogP contribution in [0.25, 0.3) is 43.8 Å². The van der Waals surface area contributed by atoms with Crippen molar-refractivity contribution in [3.63, 3.8) is 0 Å². The van der Waals surface area contributed by atoms with Gasteiger partial charge in [-0.15, -0.1) is 0 Å².